The van der Waals surface area contributed by atoms with Crippen molar-refractivity contribution >= 4 is 0 Å². The number of nitrogens with one attached hydrogen (secondary N) is 1. The molecule has 0 amide bonds. The zero-order valence-electron chi connectivity index (χ0n) is 5.19. The Bertz CT molecular complexity index is 33.5. The number of unbranched alkanes of at least 4 members (excludes halogenated alkanes) is 3. The Kier molecular flexibility index (Phi) is 6.85. The molecule has 49 valence electrons. The maximum absolute atomic E-state index is 8.10. The lowest BCUT2D eigenvalue weighted by molar-refractivity contribution is 0.164. The van der Waals surface area contributed by atoms with Crippen molar-refractivity contribution in [2.24, 2.45) is 0 Å². The van der Waals surface area contributed by atoms with Crippen LogP contribution in [0.5, 0.6) is 0 Å². The van der Waals surface area contributed by atoms with Crippen LogP contribution in [-0.4, -0.2) is 11.8 Å². The lowest BCUT2D eigenvalue weighted by Gasteiger charge is -1.94. The second-order valence-corrected chi connectivity index (χ2v) is 1.82. The summed E-state index contributed by atoms with van der Waals surface area (Å²) in [4.78, 5) is 0. The first-order valence-corrected chi connectivity index (χ1v) is 3.08. The van der Waals surface area contributed by atoms with Crippen molar-refractivity contribution in [2.75, 3.05) is 6.54 Å². The van der Waals surface area contributed by atoms with Gasteiger partial charge in [-0.1, -0.05) is 26.2 Å². The van der Waals surface area contributed by atoms with Gasteiger partial charge in [-0.3, -0.25) is 0 Å². The third kappa shape index (κ3) is 5.92. The highest BCUT2D eigenvalue weighted by Gasteiger charge is 1.83. The van der Waals surface area contributed by atoms with Crippen LogP contribution in [0.25, 0.3) is 0 Å². The van der Waals surface area contributed by atoms with Gasteiger partial charge in [-0.2, -0.15) is 0 Å². The van der Waals surface area contributed by atoms with Gasteiger partial charge in [0.2, 0.25) is 0 Å². The van der Waals surface area contributed by atoms with Crippen LogP contribution in [0.15, 0.2) is 0 Å². The summed E-state index contributed by atoms with van der Waals surface area (Å²) in [5.74, 6) is 0. The molecule has 0 saturated heterocycles. The fourth-order valence-corrected chi connectivity index (χ4v) is 0.558. The van der Waals surface area contributed by atoms with E-state index >= 15 is 0 Å². The first-order valence-electron chi connectivity index (χ1n) is 3.08. The van der Waals surface area contributed by atoms with Gasteiger partial charge in [0.1, 0.15) is 0 Å². The molecule has 0 aliphatic rings. The van der Waals surface area contributed by atoms with Crippen LogP contribution in [0.4, 0.5) is 0 Å². The lowest BCUT2D eigenvalue weighted by Crippen LogP contribution is -2.07. The predicted octanol–water partition coefficient (Wildman–Crippen LogP) is 1.36. The molecule has 0 aromatic carbocycles. The summed E-state index contributed by atoms with van der Waals surface area (Å²) < 4.78 is 0. The Morgan fingerprint density at radius 3 is 2.50 bits per heavy atom. The molecule has 2 nitrogen and oxygen atoms in total. The Balaban J connectivity index is 2.53. The zero-order valence-corrected chi connectivity index (χ0v) is 5.19. The quantitative estimate of drug-likeness (QED) is 0.420. The van der Waals surface area contributed by atoms with Gasteiger partial charge in [0, 0.05) is 6.54 Å². The van der Waals surface area contributed by atoms with Crippen LogP contribution in [0.1, 0.15) is 25.7 Å². The van der Waals surface area contributed by atoms with Gasteiger partial charge in [0.15, 0.2) is 0 Å². The van der Waals surface area contributed by atoms with Gasteiger partial charge in [-0.25, -0.2) is 5.48 Å². The minimum atomic E-state index is 0.708. The molecule has 0 heterocycles. The van der Waals surface area contributed by atoms with Gasteiger partial charge >= 0.3 is 0 Å². The maximum atomic E-state index is 8.10. The zero-order chi connectivity index (χ0) is 6.24. The van der Waals surface area contributed by atoms with Gasteiger partial charge in [-0.05, 0) is 6.42 Å². The summed E-state index contributed by atoms with van der Waals surface area (Å²) in [5, 5.41) is 8.10. The fraction of sp³-hybridized carbons (Fsp3) is 0.833. The number of hydrogen-bond acceptors (Lipinski definition) is 2. The SMILES string of the molecule is [CH2]CCCCCNO. The van der Waals surface area contributed by atoms with E-state index in [1.54, 1.807) is 0 Å². The molecule has 0 atom stereocenters. The molecule has 0 spiro atoms. The molecular weight excluding hydrogens is 102 g/mol. The van der Waals surface area contributed by atoms with Crippen molar-refractivity contribution in [3.63, 3.8) is 0 Å². The largest absolute Gasteiger partial charge is 0.317 e. The Hall–Kier alpha value is -0.0800. The summed E-state index contributed by atoms with van der Waals surface area (Å²) >= 11 is 0. The molecule has 0 unspecified atom stereocenters. The molecule has 2 heteroatoms. The van der Waals surface area contributed by atoms with E-state index in [2.05, 4.69) is 12.4 Å². The molecule has 0 aliphatic heterocycles. The molecule has 0 aromatic heterocycles. The van der Waals surface area contributed by atoms with Gasteiger partial charge in [0.25, 0.3) is 0 Å². The summed E-state index contributed by atoms with van der Waals surface area (Å²) in [6.07, 6.45) is 4.39. The molecule has 0 rings (SSSR count). The van der Waals surface area contributed by atoms with E-state index in [1.165, 1.54) is 6.42 Å². The van der Waals surface area contributed by atoms with Crippen molar-refractivity contribution in [1.29, 1.82) is 0 Å². The van der Waals surface area contributed by atoms with Crippen LogP contribution in [-0.2, 0) is 0 Å². The lowest BCUT2D eigenvalue weighted by atomic mass is 10.2. The maximum Gasteiger partial charge on any atom is 0.0207 e. The summed E-state index contributed by atoms with van der Waals surface area (Å²) in [7, 11) is 0. The third-order valence-corrected chi connectivity index (χ3v) is 1.04. The monoisotopic (exact) mass is 116 g/mol. The number of hydrogen-bond donors (Lipinski definition) is 2. The fourth-order valence-electron chi connectivity index (χ4n) is 0.558. The van der Waals surface area contributed by atoms with Crippen molar-refractivity contribution in [2.45, 2.75) is 25.7 Å². The number of hydroxylamine groups is 1. The standard InChI is InChI=1S/C6H14NO/c1-2-3-4-5-6-7-8/h7-8H,1-6H2. The highest BCUT2D eigenvalue weighted by molar-refractivity contribution is 4.43. The Labute approximate surface area is 50.9 Å². The smallest absolute Gasteiger partial charge is 0.0207 e. The second-order valence-electron chi connectivity index (χ2n) is 1.82. The molecule has 8 heavy (non-hydrogen) atoms. The van der Waals surface area contributed by atoms with Crippen molar-refractivity contribution < 1.29 is 5.21 Å². The molecule has 0 saturated carbocycles. The average molecular weight is 116 g/mol. The third-order valence-electron chi connectivity index (χ3n) is 1.04. The molecular formula is C6H14NO. The van der Waals surface area contributed by atoms with Crippen LogP contribution in [0, 0.1) is 6.92 Å². The van der Waals surface area contributed by atoms with E-state index < -0.39 is 0 Å². The highest BCUT2D eigenvalue weighted by atomic mass is 16.5. The van der Waals surface area contributed by atoms with Gasteiger partial charge in [-0.15, -0.1) is 0 Å². The first kappa shape index (κ1) is 7.92. The highest BCUT2D eigenvalue weighted by Crippen LogP contribution is 1.95. The normalized spacial score (nSPS) is 9.75. The molecule has 0 fully saturated rings. The van der Waals surface area contributed by atoms with Crippen LogP contribution in [0.3, 0.4) is 0 Å². The van der Waals surface area contributed by atoms with Crippen molar-refractivity contribution in [1.82, 2.24) is 5.48 Å². The Morgan fingerprint density at radius 1 is 1.25 bits per heavy atom. The van der Waals surface area contributed by atoms with Gasteiger partial charge in [0.05, 0.1) is 0 Å². The predicted molar refractivity (Wildman–Crippen MR) is 33.6 cm³/mol. The topological polar surface area (TPSA) is 32.3 Å². The molecule has 1 radical (unpaired) electrons. The van der Waals surface area contributed by atoms with Crippen LogP contribution >= 0.6 is 0 Å². The van der Waals surface area contributed by atoms with Crippen LogP contribution < -0.4 is 5.48 Å². The van der Waals surface area contributed by atoms with E-state index in [9.17, 15) is 0 Å². The molecule has 0 bridgehead atoms. The van der Waals surface area contributed by atoms with E-state index in [0.29, 0.717) is 6.54 Å². The molecule has 0 aromatic rings. The summed E-state index contributed by atoms with van der Waals surface area (Å²) in [6, 6.07) is 0. The average Bonchev–Trinajstić information content (AvgIpc) is 1.81. The number of rotatable bonds is 5. The van der Waals surface area contributed by atoms with E-state index in [0.717, 1.165) is 19.3 Å². The van der Waals surface area contributed by atoms with Crippen molar-refractivity contribution in [3.8, 4) is 0 Å². The summed E-state index contributed by atoms with van der Waals surface area (Å²) in [6.45, 7) is 4.41. The molecule has 2 N–H and O–H groups in total. The van der Waals surface area contributed by atoms with E-state index in [-0.39, 0.29) is 0 Å². The van der Waals surface area contributed by atoms with E-state index in [1.807, 2.05) is 0 Å². The molecule has 0 aliphatic carbocycles. The van der Waals surface area contributed by atoms with Gasteiger partial charge < -0.3 is 5.21 Å². The van der Waals surface area contributed by atoms with Crippen LogP contribution in [0.2, 0.25) is 0 Å². The minimum Gasteiger partial charge on any atom is -0.317 e. The van der Waals surface area contributed by atoms with Crippen molar-refractivity contribution in [3.05, 3.63) is 6.92 Å². The second kappa shape index (κ2) is 6.92. The summed E-state index contributed by atoms with van der Waals surface area (Å²) in [5.41, 5.74) is 2.11. The first-order chi connectivity index (χ1) is 3.91. The van der Waals surface area contributed by atoms with E-state index in [4.69, 9.17) is 5.21 Å². The minimum absolute atomic E-state index is 0.708. The Morgan fingerprint density at radius 2 is 2.00 bits per heavy atom.